The topological polar surface area (TPSA) is 66.5 Å². The second-order valence-corrected chi connectivity index (χ2v) is 9.62. The first-order valence-corrected chi connectivity index (χ1v) is 11.1. The Labute approximate surface area is 161 Å². The predicted octanol–water partition coefficient (Wildman–Crippen LogP) is 3.40. The van der Waals surface area contributed by atoms with Crippen molar-refractivity contribution in [3.63, 3.8) is 0 Å². The first kappa shape index (κ1) is 19.8. The van der Waals surface area contributed by atoms with Gasteiger partial charge < -0.3 is 5.32 Å². The van der Waals surface area contributed by atoms with Crippen molar-refractivity contribution in [3.05, 3.63) is 42.5 Å². The van der Waals surface area contributed by atoms with E-state index in [-0.39, 0.29) is 18.4 Å². The van der Waals surface area contributed by atoms with Crippen molar-refractivity contribution in [1.82, 2.24) is 9.62 Å². The molecule has 146 valence electrons. The molecule has 2 aromatic rings. The van der Waals surface area contributed by atoms with E-state index in [0.717, 1.165) is 23.6 Å². The standard InChI is InChI=1S/C21H28N2O3S/c1-16(2)11-12-22-21(24)19-8-5-13-23(15-19)27(25,26)20-10-9-17-6-3-4-7-18(17)14-20/h3-4,6-7,9-10,14,16,19H,5,8,11-13,15H2,1-2H3,(H,22,24)/t19-/m0/s1. The number of nitrogens with one attached hydrogen (secondary N) is 1. The zero-order valence-electron chi connectivity index (χ0n) is 16.0. The Morgan fingerprint density at radius 3 is 2.67 bits per heavy atom. The summed E-state index contributed by atoms with van der Waals surface area (Å²) in [5.74, 6) is 0.219. The Kier molecular flexibility index (Phi) is 6.17. The van der Waals surface area contributed by atoms with Gasteiger partial charge in [0, 0.05) is 19.6 Å². The zero-order chi connectivity index (χ0) is 19.4. The first-order chi connectivity index (χ1) is 12.9. The monoisotopic (exact) mass is 388 g/mol. The molecule has 1 amide bonds. The fourth-order valence-electron chi connectivity index (χ4n) is 3.48. The van der Waals surface area contributed by atoms with Gasteiger partial charge in [-0.2, -0.15) is 4.31 Å². The van der Waals surface area contributed by atoms with Crippen molar-refractivity contribution >= 4 is 26.7 Å². The van der Waals surface area contributed by atoms with E-state index in [0.29, 0.717) is 30.3 Å². The third kappa shape index (κ3) is 4.68. The van der Waals surface area contributed by atoms with Crippen molar-refractivity contribution in [2.45, 2.75) is 38.0 Å². The van der Waals surface area contributed by atoms with Crippen LogP contribution in [0.5, 0.6) is 0 Å². The van der Waals surface area contributed by atoms with Crippen molar-refractivity contribution in [1.29, 1.82) is 0 Å². The third-order valence-electron chi connectivity index (χ3n) is 5.13. The van der Waals surface area contributed by atoms with Gasteiger partial charge in [0.1, 0.15) is 0 Å². The van der Waals surface area contributed by atoms with Gasteiger partial charge in [0.05, 0.1) is 10.8 Å². The van der Waals surface area contributed by atoms with Gasteiger partial charge in [-0.05, 0) is 48.1 Å². The molecule has 0 aromatic heterocycles. The molecule has 0 spiro atoms. The number of amides is 1. The normalized spacial score (nSPS) is 18.7. The van der Waals surface area contributed by atoms with Gasteiger partial charge >= 0.3 is 0 Å². The van der Waals surface area contributed by atoms with Crippen LogP contribution in [0, 0.1) is 11.8 Å². The van der Waals surface area contributed by atoms with Gasteiger partial charge in [-0.3, -0.25) is 4.79 Å². The molecule has 1 aliphatic rings. The largest absolute Gasteiger partial charge is 0.356 e. The van der Waals surface area contributed by atoms with Crippen molar-refractivity contribution in [3.8, 4) is 0 Å². The van der Waals surface area contributed by atoms with E-state index in [1.54, 1.807) is 12.1 Å². The van der Waals surface area contributed by atoms with Crippen molar-refractivity contribution in [2.24, 2.45) is 11.8 Å². The smallest absolute Gasteiger partial charge is 0.243 e. The molecular formula is C21H28N2O3S. The van der Waals surface area contributed by atoms with Gasteiger partial charge in [0.25, 0.3) is 0 Å². The number of piperidine rings is 1. The number of carbonyl (C=O) groups is 1. The van der Waals surface area contributed by atoms with Gasteiger partial charge in [-0.25, -0.2) is 8.42 Å². The Hall–Kier alpha value is -1.92. The van der Waals surface area contributed by atoms with Gasteiger partial charge in [0.15, 0.2) is 0 Å². The van der Waals surface area contributed by atoms with Crippen LogP contribution in [-0.2, 0) is 14.8 Å². The molecule has 1 atom stereocenters. The Bertz CT molecular complexity index is 909. The van der Waals surface area contributed by atoms with Crippen LogP contribution in [0.3, 0.4) is 0 Å². The van der Waals surface area contributed by atoms with Crippen LogP contribution in [0.15, 0.2) is 47.4 Å². The molecule has 0 radical (unpaired) electrons. The SMILES string of the molecule is CC(C)CCNC(=O)[C@H]1CCCN(S(=O)(=O)c2ccc3ccccc3c2)C1. The zero-order valence-corrected chi connectivity index (χ0v) is 16.8. The summed E-state index contributed by atoms with van der Waals surface area (Å²) in [4.78, 5) is 12.7. The average molecular weight is 389 g/mol. The maximum absolute atomic E-state index is 13.1. The fraction of sp³-hybridized carbons (Fsp3) is 0.476. The number of nitrogens with zero attached hydrogens (tertiary/aromatic N) is 1. The summed E-state index contributed by atoms with van der Waals surface area (Å²) in [5, 5.41) is 4.87. The summed E-state index contributed by atoms with van der Waals surface area (Å²) in [6.07, 6.45) is 2.36. The van der Waals surface area contributed by atoms with Crippen LogP contribution in [0.25, 0.3) is 10.8 Å². The minimum absolute atomic E-state index is 0.0333. The highest BCUT2D eigenvalue weighted by atomic mass is 32.2. The average Bonchev–Trinajstić information content (AvgIpc) is 2.67. The molecule has 1 fully saturated rings. The number of hydrogen-bond acceptors (Lipinski definition) is 3. The second-order valence-electron chi connectivity index (χ2n) is 7.68. The molecule has 6 heteroatoms. The molecule has 5 nitrogen and oxygen atoms in total. The Morgan fingerprint density at radius 1 is 1.19 bits per heavy atom. The van der Waals surface area contributed by atoms with E-state index in [1.165, 1.54) is 4.31 Å². The molecule has 27 heavy (non-hydrogen) atoms. The maximum Gasteiger partial charge on any atom is 0.243 e. The first-order valence-electron chi connectivity index (χ1n) is 9.64. The lowest BCUT2D eigenvalue weighted by Gasteiger charge is -2.31. The summed E-state index contributed by atoms with van der Waals surface area (Å²) in [7, 11) is -3.60. The lowest BCUT2D eigenvalue weighted by molar-refractivity contribution is -0.126. The number of hydrogen-bond donors (Lipinski definition) is 1. The summed E-state index contributed by atoms with van der Waals surface area (Å²) in [5.41, 5.74) is 0. The minimum atomic E-state index is -3.60. The molecule has 0 aliphatic carbocycles. The summed E-state index contributed by atoms with van der Waals surface area (Å²) >= 11 is 0. The Balaban J connectivity index is 1.72. The quantitative estimate of drug-likeness (QED) is 0.825. The van der Waals surface area contributed by atoms with E-state index < -0.39 is 10.0 Å². The van der Waals surface area contributed by atoms with E-state index in [9.17, 15) is 13.2 Å². The molecule has 0 unspecified atom stereocenters. The second kappa shape index (κ2) is 8.40. The number of sulfonamides is 1. The number of benzene rings is 2. The number of carbonyl (C=O) groups excluding carboxylic acids is 1. The van der Waals surface area contributed by atoms with Crippen LogP contribution in [0.1, 0.15) is 33.1 Å². The van der Waals surface area contributed by atoms with Crippen LogP contribution in [0.4, 0.5) is 0 Å². The van der Waals surface area contributed by atoms with E-state index in [4.69, 9.17) is 0 Å². The summed E-state index contributed by atoms with van der Waals surface area (Å²) < 4.78 is 27.7. The van der Waals surface area contributed by atoms with E-state index in [2.05, 4.69) is 19.2 Å². The summed E-state index contributed by atoms with van der Waals surface area (Å²) in [6, 6.07) is 12.9. The van der Waals surface area contributed by atoms with Crippen molar-refractivity contribution in [2.75, 3.05) is 19.6 Å². The lowest BCUT2D eigenvalue weighted by atomic mass is 9.98. The molecule has 1 heterocycles. The molecular weight excluding hydrogens is 360 g/mol. The minimum Gasteiger partial charge on any atom is -0.356 e. The molecule has 1 saturated heterocycles. The van der Waals surface area contributed by atoms with Gasteiger partial charge in [-0.1, -0.05) is 44.2 Å². The summed E-state index contributed by atoms with van der Waals surface area (Å²) in [6.45, 7) is 5.59. The third-order valence-corrected chi connectivity index (χ3v) is 7.00. The van der Waals surface area contributed by atoms with Crippen LogP contribution in [0.2, 0.25) is 0 Å². The highest BCUT2D eigenvalue weighted by Gasteiger charge is 2.33. The highest BCUT2D eigenvalue weighted by Crippen LogP contribution is 2.26. The molecule has 2 aromatic carbocycles. The Morgan fingerprint density at radius 2 is 1.93 bits per heavy atom. The van der Waals surface area contributed by atoms with E-state index >= 15 is 0 Å². The predicted molar refractivity (Wildman–Crippen MR) is 108 cm³/mol. The molecule has 1 aliphatic heterocycles. The van der Waals surface area contributed by atoms with Crippen LogP contribution < -0.4 is 5.32 Å². The molecule has 0 saturated carbocycles. The van der Waals surface area contributed by atoms with E-state index in [1.807, 2.05) is 30.3 Å². The number of rotatable bonds is 6. The molecule has 0 bridgehead atoms. The lowest BCUT2D eigenvalue weighted by Crippen LogP contribution is -2.45. The van der Waals surface area contributed by atoms with Gasteiger partial charge in [0.2, 0.25) is 15.9 Å². The molecule has 3 rings (SSSR count). The number of fused-ring (bicyclic) bond motifs is 1. The van der Waals surface area contributed by atoms with Gasteiger partial charge in [-0.15, -0.1) is 0 Å². The highest BCUT2D eigenvalue weighted by molar-refractivity contribution is 7.89. The van der Waals surface area contributed by atoms with Crippen molar-refractivity contribution < 1.29 is 13.2 Å². The maximum atomic E-state index is 13.1. The van der Waals surface area contributed by atoms with Crippen LogP contribution >= 0.6 is 0 Å². The van der Waals surface area contributed by atoms with Crippen LogP contribution in [-0.4, -0.2) is 38.3 Å². The fourth-order valence-corrected chi connectivity index (χ4v) is 5.04. The molecule has 1 N–H and O–H groups in total.